The zero-order valence-electron chi connectivity index (χ0n) is 11.9. The van der Waals surface area contributed by atoms with Gasteiger partial charge in [0.1, 0.15) is 5.75 Å². The number of hydrogen-bond donors (Lipinski definition) is 2. The van der Waals surface area contributed by atoms with Crippen molar-refractivity contribution in [3.8, 4) is 5.75 Å². The van der Waals surface area contributed by atoms with Gasteiger partial charge in [-0.05, 0) is 18.9 Å². The van der Waals surface area contributed by atoms with Crippen LogP contribution in [0.2, 0.25) is 0 Å². The van der Waals surface area contributed by atoms with Crippen LogP contribution in [0.4, 0.5) is 11.4 Å². The number of ether oxygens (including phenoxy) is 1. The van der Waals surface area contributed by atoms with Crippen LogP contribution in [0.5, 0.6) is 5.75 Å². The molecule has 0 radical (unpaired) electrons. The Labute approximate surface area is 118 Å². The Morgan fingerprint density at radius 2 is 2.16 bits per heavy atom. The van der Waals surface area contributed by atoms with Gasteiger partial charge in [-0.2, -0.15) is 0 Å². The first-order valence-electron chi connectivity index (χ1n) is 6.62. The van der Waals surface area contributed by atoms with Crippen LogP contribution in [0.25, 0.3) is 0 Å². The van der Waals surface area contributed by atoms with Crippen LogP contribution in [0.15, 0.2) is 18.2 Å². The molecular weight excluding hydrogens is 260 g/mol. The Balaban J connectivity index is 2.53. The van der Waals surface area contributed by atoms with Gasteiger partial charge in [0.2, 0.25) is 0 Å². The van der Waals surface area contributed by atoms with E-state index in [4.69, 9.17) is 10.5 Å². The van der Waals surface area contributed by atoms with Crippen LogP contribution in [-0.4, -0.2) is 28.9 Å². The Morgan fingerprint density at radius 1 is 1.42 bits per heavy atom. The minimum Gasteiger partial charge on any atom is -0.493 e. The van der Waals surface area contributed by atoms with Crippen molar-refractivity contribution in [3.05, 3.63) is 18.2 Å². The van der Waals surface area contributed by atoms with E-state index in [9.17, 15) is 4.21 Å². The number of nitrogens with one attached hydrogen (secondary N) is 1. The average Bonchev–Trinajstić information content (AvgIpc) is 2.35. The molecule has 5 heteroatoms. The monoisotopic (exact) mass is 284 g/mol. The number of anilines is 2. The molecule has 3 N–H and O–H groups in total. The maximum absolute atomic E-state index is 11.3. The van der Waals surface area contributed by atoms with Gasteiger partial charge >= 0.3 is 0 Å². The van der Waals surface area contributed by atoms with Crippen molar-refractivity contribution in [1.82, 2.24) is 0 Å². The van der Waals surface area contributed by atoms with E-state index in [1.807, 2.05) is 25.1 Å². The van der Waals surface area contributed by atoms with Gasteiger partial charge in [-0.1, -0.05) is 13.8 Å². The van der Waals surface area contributed by atoms with Crippen molar-refractivity contribution in [1.29, 1.82) is 0 Å². The summed E-state index contributed by atoms with van der Waals surface area (Å²) in [6.07, 6.45) is 3.57. The molecule has 0 aliphatic carbocycles. The molecule has 0 fully saturated rings. The van der Waals surface area contributed by atoms with Gasteiger partial charge in [0, 0.05) is 52.4 Å². The second-order valence-corrected chi connectivity index (χ2v) is 6.47. The molecule has 108 valence electrons. The second kappa shape index (κ2) is 8.04. The van der Waals surface area contributed by atoms with E-state index in [-0.39, 0.29) is 5.25 Å². The van der Waals surface area contributed by atoms with Crippen molar-refractivity contribution in [2.45, 2.75) is 31.9 Å². The van der Waals surface area contributed by atoms with E-state index in [0.717, 1.165) is 30.8 Å². The van der Waals surface area contributed by atoms with E-state index in [2.05, 4.69) is 12.2 Å². The number of nitrogen functional groups attached to an aromatic ring is 1. The van der Waals surface area contributed by atoms with E-state index in [1.54, 1.807) is 6.26 Å². The molecule has 0 heterocycles. The molecular formula is C14H24N2O2S. The summed E-state index contributed by atoms with van der Waals surface area (Å²) in [7, 11) is -0.771. The largest absolute Gasteiger partial charge is 0.493 e. The molecule has 0 aromatic heterocycles. The summed E-state index contributed by atoms with van der Waals surface area (Å²) >= 11 is 0. The van der Waals surface area contributed by atoms with Gasteiger partial charge < -0.3 is 15.8 Å². The van der Waals surface area contributed by atoms with E-state index >= 15 is 0 Å². The molecule has 0 saturated carbocycles. The highest BCUT2D eigenvalue weighted by Crippen LogP contribution is 2.22. The minimum absolute atomic E-state index is 0.198. The van der Waals surface area contributed by atoms with Crippen LogP contribution in [-0.2, 0) is 10.8 Å². The van der Waals surface area contributed by atoms with Crippen LogP contribution >= 0.6 is 0 Å². The summed E-state index contributed by atoms with van der Waals surface area (Å²) in [6, 6.07) is 5.65. The van der Waals surface area contributed by atoms with Crippen LogP contribution in [0.1, 0.15) is 26.7 Å². The fourth-order valence-corrected chi connectivity index (χ4v) is 2.06. The summed E-state index contributed by atoms with van der Waals surface area (Å²) in [6.45, 7) is 5.52. The van der Waals surface area contributed by atoms with Crippen LogP contribution in [0, 0.1) is 0 Å². The quantitative estimate of drug-likeness (QED) is 0.720. The van der Waals surface area contributed by atoms with Crippen LogP contribution < -0.4 is 15.8 Å². The van der Waals surface area contributed by atoms with Crippen molar-refractivity contribution >= 4 is 22.2 Å². The fourth-order valence-electron chi connectivity index (χ4n) is 1.61. The van der Waals surface area contributed by atoms with E-state index in [0.29, 0.717) is 12.3 Å². The van der Waals surface area contributed by atoms with Gasteiger partial charge in [-0.25, -0.2) is 0 Å². The Hall–Kier alpha value is -1.23. The number of nitrogens with two attached hydrogens (primary N) is 1. The molecule has 2 unspecified atom stereocenters. The SMILES string of the molecule is CCCOc1cc(N)cc(NCCC(C)S(C)=O)c1. The summed E-state index contributed by atoms with van der Waals surface area (Å²) in [5.74, 6) is 0.788. The van der Waals surface area contributed by atoms with Gasteiger partial charge in [-0.15, -0.1) is 0 Å². The Bertz CT molecular complexity index is 424. The molecule has 0 bridgehead atoms. The highest BCUT2D eigenvalue weighted by atomic mass is 32.2. The lowest BCUT2D eigenvalue weighted by molar-refractivity contribution is 0.318. The molecule has 0 aliphatic rings. The van der Waals surface area contributed by atoms with Crippen LogP contribution in [0.3, 0.4) is 0 Å². The lowest BCUT2D eigenvalue weighted by atomic mass is 10.2. The first-order valence-corrected chi connectivity index (χ1v) is 8.24. The van der Waals surface area contributed by atoms with Crippen molar-refractivity contribution < 1.29 is 8.95 Å². The van der Waals surface area contributed by atoms with Crippen molar-refractivity contribution in [2.24, 2.45) is 0 Å². The molecule has 0 spiro atoms. The third kappa shape index (κ3) is 5.96. The second-order valence-electron chi connectivity index (χ2n) is 4.66. The number of benzene rings is 1. The predicted molar refractivity (Wildman–Crippen MR) is 83.3 cm³/mol. The Morgan fingerprint density at radius 3 is 2.79 bits per heavy atom. The summed E-state index contributed by atoms with van der Waals surface area (Å²) in [5, 5.41) is 3.49. The molecule has 4 nitrogen and oxygen atoms in total. The summed E-state index contributed by atoms with van der Waals surface area (Å²) < 4.78 is 16.8. The molecule has 0 saturated heterocycles. The first-order chi connectivity index (χ1) is 9.02. The highest BCUT2D eigenvalue weighted by Gasteiger charge is 2.06. The highest BCUT2D eigenvalue weighted by molar-refractivity contribution is 7.84. The normalized spacial score (nSPS) is 13.8. The summed E-state index contributed by atoms with van der Waals surface area (Å²) in [4.78, 5) is 0. The Kier molecular flexibility index (Phi) is 6.70. The molecule has 1 aromatic carbocycles. The molecule has 1 aromatic rings. The van der Waals surface area contributed by atoms with Crippen molar-refractivity contribution in [3.63, 3.8) is 0 Å². The van der Waals surface area contributed by atoms with Crippen molar-refractivity contribution in [2.75, 3.05) is 30.5 Å². The zero-order valence-corrected chi connectivity index (χ0v) is 12.8. The van der Waals surface area contributed by atoms with Gasteiger partial charge in [0.25, 0.3) is 0 Å². The molecule has 0 aliphatic heterocycles. The maximum Gasteiger partial charge on any atom is 0.123 e. The topological polar surface area (TPSA) is 64.3 Å². The van der Waals surface area contributed by atoms with E-state index < -0.39 is 10.8 Å². The number of rotatable bonds is 8. The first kappa shape index (κ1) is 15.8. The standard InChI is InChI=1S/C14H24N2O2S/c1-4-7-18-14-9-12(15)8-13(10-14)16-6-5-11(2)19(3)17/h8-11,16H,4-7,15H2,1-3H3. The summed E-state index contributed by atoms with van der Waals surface area (Å²) in [5.41, 5.74) is 7.47. The van der Waals surface area contributed by atoms with Gasteiger partial charge in [0.05, 0.1) is 6.61 Å². The van der Waals surface area contributed by atoms with E-state index in [1.165, 1.54) is 0 Å². The minimum atomic E-state index is -0.771. The third-order valence-electron chi connectivity index (χ3n) is 2.85. The lowest BCUT2D eigenvalue weighted by Gasteiger charge is -2.12. The predicted octanol–water partition coefficient (Wildman–Crippen LogP) is 2.63. The fraction of sp³-hybridized carbons (Fsp3) is 0.571. The third-order valence-corrected chi connectivity index (χ3v) is 4.22. The molecule has 2 atom stereocenters. The molecule has 1 rings (SSSR count). The zero-order chi connectivity index (χ0) is 14.3. The smallest absolute Gasteiger partial charge is 0.123 e. The average molecular weight is 284 g/mol. The molecule has 19 heavy (non-hydrogen) atoms. The maximum atomic E-state index is 11.3. The molecule has 0 amide bonds. The lowest BCUT2D eigenvalue weighted by Crippen LogP contribution is -2.14. The van der Waals surface area contributed by atoms with Gasteiger partial charge in [-0.3, -0.25) is 4.21 Å². The number of hydrogen-bond acceptors (Lipinski definition) is 4. The van der Waals surface area contributed by atoms with Gasteiger partial charge in [0.15, 0.2) is 0 Å².